The van der Waals surface area contributed by atoms with Crippen LogP contribution >= 0.6 is 0 Å². The lowest BCUT2D eigenvalue weighted by molar-refractivity contribution is -0.385. The molecule has 0 spiro atoms. The van der Waals surface area contributed by atoms with E-state index in [1.165, 1.54) is 0 Å². The Morgan fingerprint density at radius 1 is 1.60 bits per heavy atom. The van der Waals surface area contributed by atoms with Gasteiger partial charge in [0, 0.05) is 6.07 Å². The molecule has 0 bridgehead atoms. The Balaban J connectivity index is 3.31. The average Bonchev–Trinajstić information content (AvgIpc) is 2.21. The van der Waals surface area contributed by atoms with Crippen LogP contribution < -0.4 is 4.74 Å². The summed E-state index contributed by atoms with van der Waals surface area (Å²) in [5, 5.41) is 19.9. The fourth-order valence-corrected chi connectivity index (χ4v) is 1.08. The molecule has 0 aromatic heterocycles. The first-order valence-corrected chi connectivity index (χ1v) is 4.19. The third-order valence-corrected chi connectivity index (χ3v) is 1.73. The van der Waals surface area contributed by atoms with E-state index < -0.39 is 4.92 Å². The number of ether oxygens (including phenoxy) is 1. The van der Waals surface area contributed by atoms with Crippen molar-refractivity contribution in [3.05, 3.63) is 27.8 Å². The highest BCUT2D eigenvalue weighted by Gasteiger charge is 2.16. The molecule has 0 fully saturated rings. The van der Waals surface area contributed by atoms with Crippen LogP contribution in [0.4, 0.5) is 5.69 Å². The number of nitrogens with zero attached hydrogens (tertiary/aromatic N) is 1. The first-order chi connectivity index (χ1) is 7.10. The van der Waals surface area contributed by atoms with Crippen LogP contribution in [0.2, 0.25) is 0 Å². The summed E-state index contributed by atoms with van der Waals surface area (Å²) in [6, 6.07) is 2.07. The predicted octanol–water partition coefficient (Wildman–Crippen LogP) is 1.51. The van der Waals surface area contributed by atoms with Crippen molar-refractivity contribution in [1.82, 2.24) is 0 Å². The molecule has 6 nitrogen and oxygen atoms in total. The van der Waals surface area contributed by atoms with Crippen LogP contribution in [-0.4, -0.2) is 22.9 Å². The van der Waals surface area contributed by atoms with Crippen molar-refractivity contribution in [2.75, 3.05) is 6.61 Å². The number of aldehydes is 1. The van der Waals surface area contributed by atoms with Gasteiger partial charge >= 0.3 is 0 Å². The molecule has 0 amide bonds. The minimum atomic E-state index is -0.658. The van der Waals surface area contributed by atoms with E-state index >= 15 is 0 Å². The van der Waals surface area contributed by atoms with Gasteiger partial charge in [-0.15, -0.1) is 0 Å². The number of aromatic hydroxyl groups is 1. The van der Waals surface area contributed by atoms with Crippen LogP contribution in [-0.2, 0) is 0 Å². The average molecular weight is 211 g/mol. The number of benzene rings is 1. The van der Waals surface area contributed by atoms with Crippen LogP contribution in [0.1, 0.15) is 17.3 Å². The lowest BCUT2D eigenvalue weighted by Gasteiger charge is -2.06. The lowest BCUT2D eigenvalue weighted by atomic mass is 10.2. The van der Waals surface area contributed by atoms with Gasteiger partial charge in [-0.3, -0.25) is 14.9 Å². The zero-order valence-electron chi connectivity index (χ0n) is 7.97. The van der Waals surface area contributed by atoms with E-state index in [2.05, 4.69) is 0 Å². The summed E-state index contributed by atoms with van der Waals surface area (Å²) in [5.74, 6) is -0.439. The van der Waals surface area contributed by atoms with Crippen LogP contribution in [0.3, 0.4) is 0 Å². The van der Waals surface area contributed by atoms with Gasteiger partial charge in [-0.1, -0.05) is 0 Å². The Morgan fingerprint density at radius 2 is 2.27 bits per heavy atom. The van der Waals surface area contributed by atoms with Crippen molar-refractivity contribution in [3.8, 4) is 11.5 Å². The summed E-state index contributed by atoms with van der Waals surface area (Å²) in [7, 11) is 0. The van der Waals surface area contributed by atoms with Gasteiger partial charge in [-0.05, 0) is 6.92 Å². The van der Waals surface area contributed by atoms with Crippen molar-refractivity contribution in [3.63, 3.8) is 0 Å². The van der Waals surface area contributed by atoms with Crippen molar-refractivity contribution in [2.45, 2.75) is 6.92 Å². The Bertz CT molecular complexity index is 402. The minimum absolute atomic E-state index is 0.0613. The van der Waals surface area contributed by atoms with Gasteiger partial charge in [-0.25, -0.2) is 0 Å². The van der Waals surface area contributed by atoms with Crippen LogP contribution in [0, 0.1) is 10.1 Å². The standard InChI is InChI=1S/C9H9NO5/c1-2-15-8-4-7(10(13)14)3-6(5-11)9(8)12/h3-5,12H,2H2,1H3. The molecule has 15 heavy (non-hydrogen) atoms. The van der Waals surface area contributed by atoms with Crippen molar-refractivity contribution >= 4 is 12.0 Å². The van der Waals surface area contributed by atoms with Crippen LogP contribution in [0.5, 0.6) is 11.5 Å². The summed E-state index contributed by atoms with van der Waals surface area (Å²) < 4.78 is 4.96. The Hall–Kier alpha value is -2.11. The summed E-state index contributed by atoms with van der Waals surface area (Å²) in [6.07, 6.45) is 0.338. The molecule has 80 valence electrons. The quantitative estimate of drug-likeness (QED) is 0.463. The number of hydrogen-bond donors (Lipinski definition) is 1. The molecule has 0 aliphatic rings. The van der Waals surface area contributed by atoms with Gasteiger partial charge in [0.2, 0.25) is 0 Å². The Morgan fingerprint density at radius 3 is 2.73 bits per heavy atom. The van der Waals surface area contributed by atoms with E-state index in [9.17, 15) is 20.0 Å². The van der Waals surface area contributed by atoms with Crippen LogP contribution in [0.15, 0.2) is 12.1 Å². The number of phenolic OH excluding ortho intramolecular Hbond substituents is 1. The Labute approximate surface area is 85.2 Å². The first-order valence-electron chi connectivity index (χ1n) is 4.19. The fraction of sp³-hybridized carbons (Fsp3) is 0.222. The third kappa shape index (κ3) is 2.22. The van der Waals surface area contributed by atoms with E-state index in [4.69, 9.17) is 4.74 Å². The second kappa shape index (κ2) is 4.41. The number of carbonyl (C=O) groups is 1. The second-order valence-electron chi connectivity index (χ2n) is 2.69. The maximum atomic E-state index is 10.5. The molecule has 0 saturated carbocycles. The molecule has 6 heteroatoms. The van der Waals surface area contributed by atoms with Crippen molar-refractivity contribution in [1.29, 1.82) is 0 Å². The molecule has 0 atom stereocenters. The maximum absolute atomic E-state index is 10.5. The smallest absolute Gasteiger partial charge is 0.274 e. The highest BCUT2D eigenvalue weighted by Crippen LogP contribution is 2.33. The van der Waals surface area contributed by atoms with Crippen molar-refractivity contribution in [2.24, 2.45) is 0 Å². The zero-order valence-corrected chi connectivity index (χ0v) is 7.97. The van der Waals surface area contributed by atoms with Gasteiger partial charge in [0.1, 0.15) is 0 Å². The molecule has 0 aliphatic carbocycles. The molecule has 0 radical (unpaired) electrons. The van der Waals surface area contributed by atoms with E-state index in [0.29, 0.717) is 6.29 Å². The molecule has 0 aliphatic heterocycles. The normalized spacial score (nSPS) is 9.67. The fourth-order valence-electron chi connectivity index (χ4n) is 1.08. The van der Waals surface area contributed by atoms with E-state index in [-0.39, 0.29) is 29.4 Å². The summed E-state index contributed by atoms with van der Waals surface area (Å²) in [5.41, 5.74) is -0.453. The largest absolute Gasteiger partial charge is 0.504 e. The number of phenols is 1. The van der Waals surface area contributed by atoms with Crippen molar-refractivity contribution < 1.29 is 19.6 Å². The summed E-state index contributed by atoms with van der Waals surface area (Å²) >= 11 is 0. The molecule has 1 N–H and O–H groups in total. The molecule has 1 aromatic rings. The zero-order chi connectivity index (χ0) is 11.4. The molecule has 0 heterocycles. The highest BCUT2D eigenvalue weighted by molar-refractivity contribution is 5.82. The van der Waals surface area contributed by atoms with Gasteiger partial charge < -0.3 is 9.84 Å². The first kappa shape index (κ1) is 11.0. The molecule has 1 aromatic carbocycles. The lowest BCUT2D eigenvalue weighted by Crippen LogP contribution is -1.97. The molecule has 0 unspecified atom stereocenters. The number of nitro groups is 1. The van der Waals surface area contributed by atoms with E-state index in [1.54, 1.807) is 6.92 Å². The maximum Gasteiger partial charge on any atom is 0.274 e. The van der Waals surface area contributed by atoms with Gasteiger partial charge in [0.15, 0.2) is 17.8 Å². The summed E-state index contributed by atoms with van der Waals surface area (Å²) in [4.78, 5) is 20.4. The van der Waals surface area contributed by atoms with E-state index in [1.807, 2.05) is 0 Å². The molecule has 1 rings (SSSR count). The van der Waals surface area contributed by atoms with Gasteiger partial charge in [-0.2, -0.15) is 0 Å². The predicted molar refractivity (Wildman–Crippen MR) is 51.3 cm³/mol. The highest BCUT2D eigenvalue weighted by atomic mass is 16.6. The van der Waals surface area contributed by atoms with Crippen LogP contribution in [0.25, 0.3) is 0 Å². The van der Waals surface area contributed by atoms with Gasteiger partial charge in [0.05, 0.1) is 23.2 Å². The number of rotatable bonds is 4. The Kier molecular flexibility index (Phi) is 3.22. The topological polar surface area (TPSA) is 89.7 Å². The third-order valence-electron chi connectivity index (χ3n) is 1.73. The number of nitro benzene ring substituents is 1. The molecular weight excluding hydrogens is 202 g/mol. The minimum Gasteiger partial charge on any atom is -0.504 e. The summed E-state index contributed by atoms with van der Waals surface area (Å²) in [6.45, 7) is 1.91. The number of carbonyl (C=O) groups excluding carboxylic acids is 1. The van der Waals surface area contributed by atoms with Gasteiger partial charge in [0.25, 0.3) is 5.69 Å². The number of hydrogen-bond acceptors (Lipinski definition) is 5. The molecular formula is C9H9NO5. The number of non-ortho nitro benzene ring substituents is 1. The monoisotopic (exact) mass is 211 g/mol. The van der Waals surface area contributed by atoms with E-state index in [0.717, 1.165) is 12.1 Å². The second-order valence-corrected chi connectivity index (χ2v) is 2.69. The SMILES string of the molecule is CCOc1cc([N+](=O)[O-])cc(C=O)c1O. The molecule has 0 saturated heterocycles.